The van der Waals surface area contributed by atoms with Gasteiger partial charge < -0.3 is 15.9 Å². The first-order valence-electron chi connectivity index (χ1n) is 4.44. The first-order valence-corrected chi connectivity index (χ1v) is 6.24. The minimum absolute atomic E-state index is 0.182. The number of halogens is 2. The van der Waals surface area contributed by atoms with Crippen LogP contribution in [0, 0.1) is 0 Å². The van der Waals surface area contributed by atoms with Crippen molar-refractivity contribution in [1.29, 1.82) is 0 Å². The van der Waals surface area contributed by atoms with Crippen molar-refractivity contribution in [2.45, 2.75) is 17.4 Å². The first-order chi connectivity index (χ1) is 7.41. The van der Waals surface area contributed by atoms with Crippen molar-refractivity contribution < 1.29 is 15.0 Å². The molecule has 90 valence electrons. The van der Waals surface area contributed by atoms with Crippen molar-refractivity contribution in [3.8, 4) is 0 Å². The van der Waals surface area contributed by atoms with Crippen molar-refractivity contribution in [2.75, 3.05) is 5.75 Å². The molecule has 7 heteroatoms. The summed E-state index contributed by atoms with van der Waals surface area (Å²) < 4.78 is 0. The van der Waals surface area contributed by atoms with Crippen molar-refractivity contribution in [3.05, 3.63) is 22.2 Å². The van der Waals surface area contributed by atoms with Crippen LogP contribution in [0.3, 0.4) is 0 Å². The van der Waals surface area contributed by atoms with Gasteiger partial charge in [0.2, 0.25) is 0 Å². The monoisotopic (exact) mass is 283 g/mol. The third-order valence-electron chi connectivity index (χ3n) is 1.98. The smallest absolute Gasteiger partial charge is 0.321 e. The number of hydrogen-bond donors (Lipinski definition) is 3. The third kappa shape index (κ3) is 3.68. The SMILES string of the molecule is N[C@@H](CSC1C=C(Cl)C=C(Cl)C1O)C(=O)O. The van der Waals surface area contributed by atoms with Gasteiger partial charge in [-0.2, -0.15) is 0 Å². The Balaban J connectivity index is 2.56. The van der Waals surface area contributed by atoms with E-state index in [-0.39, 0.29) is 16.0 Å². The van der Waals surface area contributed by atoms with Crippen LogP contribution >= 0.6 is 35.0 Å². The highest BCUT2D eigenvalue weighted by molar-refractivity contribution is 8.00. The van der Waals surface area contributed by atoms with Gasteiger partial charge >= 0.3 is 5.97 Å². The molecule has 0 aliphatic heterocycles. The summed E-state index contributed by atoms with van der Waals surface area (Å²) in [4.78, 5) is 10.5. The van der Waals surface area contributed by atoms with E-state index in [0.29, 0.717) is 5.03 Å². The summed E-state index contributed by atoms with van der Waals surface area (Å²) in [5.74, 6) is -0.892. The van der Waals surface area contributed by atoms with Crippen LogP contribution < -0.4 is 5.73 Å². The van der Waals surface area contributed by atoms with Gasteiger partial charge in [0, 0.05) is 15.8 Å². The van der Waals surface area contributed by atoms with Gasteiger partial charge in [-0.05, 0) is 12.2 Å². The minimum Gasteiger partial charge on any atom is -0.480 e. The van der Waals surface area contributed by atoms with Crippen LogP contribution in [-0.4, -0.2) is 39.3 Å². The number of carboxylic acids is 1. The van der Waals surface area contributed by atoms with Gasteiger partial charge in [0.05, 0.1) is 5.25 Å². The van der Waals surface area contributed by atoms with E-state index in [1.54, 1.807) is 6.08 Å². The number of rotatable bonds is 4. The van der Waals surface area contributed by atoms with Gasteiger partial charge in [-0.3, -0.25) is 4.79 Å². The second kappa shape index (κ2) is 5.93. The van der Waals surface area contributed by atoms with Crippen molar-refractivity contribution in [1.82, 2.24) is 0 Å². The van der Waals surface area contributed by atoms with E-state index in [2.05, 4.69) is 0 Å². The first kappa shape index (κ1) is 13.9. The maximum absolute atomic E-state index is 10.5. The summed E-state index contributed by atoms with van der Waals surface area (Å²) >= 11 is 12.7. The summed E-state index contributed by atoms with van der Waals surface area (Å²) in [7, 11) is 0. The average Bonchev–Trinajstić information content (AvgIpc) is 2.20. The Bertz CT molecular complexity index is 346. The van der Waals surface area contributed by atoms with Gasteiger partial charge in [-0.25, -0.2) is 0 Å². The minimum atomic E-state index is -1.07. The van der Waals surface area contributed by atoms with E-state index in [9.17, 15) is 9.90 Å². The molecule has 2 unspecified atom stereocenters. The summed E-state index contributed by atoms with van der Waals surface area (Å²) in [6.45, 7) is 0. The second-order valence-corrected chi connectivity index (χ2v) is 5.35. The Kier molecular flexibility index (Phi) is 5.14. The van der Waals surface area contributed by atoms with Crippen LogP contribution in [0.4, 0.5) is 0 Å². The van der Waals surface area contributed by atoms with Crippen molar-refractivity contribution >= 4 is 40.9 Å². The number of hydrogen-bond acceptors (Lipinski definition) is 4. The quantitative estimate of drug-likeness (QED) is 0.720. The van der Waals surface area contributed by atoms with E-state index >= 15 is 0 Å². The molecule has 0 aromatic carbocycles. The summed E-state index contributed by atoms with van der Waals surface area (Å²) in [5.41, 5.74) is 5.35. The zero-order valence-electron chi connectivity index (χ0n) is 8.14. The average molecular weight is 284 g/mol. The zero-order chi connectivity index (χ0) is 12.3. The molecule has 0 radical (unpaired) electrons. The Morgan fingerprint density at radius 1 is 1.62 bits per heavy atom. The maximum Gasteiger partial charge on any atom is 0.321 e. The summed E-state index contributed by atoms with van der Waals surface area (Å²) in [5, 5.41) is 18.6. The van der Waals surface area contributed by atoms with Crippen LogP contribution in [-0.2, 0) is 4.79 Å². The number of thioether (sulfide) groups is 1. The lowest BCUT2D eigenvalue weighted by atomic mass is 10.1. The molecule has 0 heterocycles. The lowest BCUT2D eigenvalue weighted by Gasteiger charge is -2.23. The molecule has 0 fully saturated rings. The van der Waals surface area contributed by atoms with Gasteiger partial charge in [0.25, 0.3) is 0 Å². The highest BCUT2D eigenvalue weighted by atomic mass is 35.5. The normalized spacial score (nSPS) is 27.0. The molecule has 0 spiro atoms. The van der Waals surface area contributed by atoms with Gasteiger partial charge in [0.1, 0.15) is 12.1 Å². The molecule has 0 bridgehead atoms. The van der Waals surface area contributed by atoms with Crippen LogP contribution in [0.1, 0.15) is 0 Å². The summed E-state index contributed by atoms with van der Waals surface area (Å²) in [6.07, 6.45) is 2.22. The lowest BCUT2D eigenvalue weighted by Crippen LogP contribution is -2.34. The Morgan fingerprint density at radius 3 is 2.81 bits per heavy atom. The fourth-order valence-corrected chi connectivity index (χ4v) is 2.95. The van der Waals surface area contributed by atoms with Crippen molar-refractivity contribution in [3.63, 3.8) is 0 Å². The largest absolute Gasteiger partial charge is 0.480 e. The highest BCUT2D eigenvalue weighted by Crippen LogP contribution is 2.30. The fourth-order valence-electron chi connectivity index (χ4n) is 1.10. The molecule has 0 saturated heterocycles. The third-order valence-corrected chi connectivity index (χ3v) is 3.88. The Morgan fingerprint density at radius 2 is 2.25 bits per heavy atom. The number of aliphatic hydroxyl groups is 1. The molecule has 16 heavy (non-hydrogen) atoms. The van der Waals surface area contributed by atoms with E-state index in [1.807, 2.05) is 0 Å². The van der Waals surface area contributed by atoms with Crippen LogP contribution in [0.15, 0.2) is 22.2 Å². The number of carbonyl (C=O) groups is 1. The number of carboxylic acid groups (broad SMARTS) is 1. The van der Waals surface area contributed by atoms with E-state index < -0.39 is 18.1 Å². The van der Waals surface area contributed by atoms with Gasteiger partial charge in [0.15, 0.2) is 0 Å². The number of aliphatic hydroxyl groups excluding tert-OH is 1. The number of aliphatic carboxylic acids is 1. The highest BCUT2D eigenvalue weighted by Gasteiger charge is 2.26. The van der Waals surface area contributed by atoms with E-state index in [1.165, 1.54) is 17.8 Å². The molecule has 1 rings (SSSR count). The zero-order valence-corrected chi connectivity index (χ0v) is 10.5. The van der Waals surface area contributed by atoms with Crippen LogP contribution in [0.5, 0.6) is 0 Å². The second-order valence-electron chi connectivity index (χ2n) is 3.27. The number of nitrogens with two attached hydrogens (primary N) is 1. The Hall–Kier alpha value is -0.200. The maximum atomic E-state index is 10.5. The molecule has 0 saturated carbocycles. The molecular weight excluding hydrogens is 273 g/mol. The molecule has 0 amide bonds. The van der Waals surface area contributed by atoms with E-state index in [4.69, 9.17) is 34.0 Å². The predicted molar refractivity (Wildman–Crippen MR) is 65.7 cm³/mol. The summed E-state index contributed by atoms with van der Waals surface area (Å²) in [6, 6.07) is -0.964. The molecule has 1 aliphatic rings. The topological polar surface area (TPSA) is 83.5 Å². The molecule has 0 aromatic rings. The lowest BCUT2D eigenvalue weighted by molar-refractivity contribution is -0.137. The van der Waals surface area contributed by atoms with Crippen LogP contribution in [0.2, 0.25) is 0 Å². The fraction of sp³-hybridized carbons (Fsp3) is 0.444. The van der Waals surface area contributed by atoms with Crippen LogP contribution in [0.25, 0.3) is 0 Å². The standard InChI is InChI=1S/C9H11Cl2NO3S/c10-4-1-5(11)8(13)7(2-4)16-3-6(12)9(14)15/h1-2,6-8,13H,3,12H2,(H,14,15)/t6-,7?,8?/m0/s1. The molecular formula is C9H11Cl2NO3S. The Labute approximate surface area is 107 Å². The number of allylic oxidation sites excluding steroid dienone is 2. The molecule has 4 N–H and O–H groups in total. The molecule has 4 nitrogen and oxygen atoms in total. The van der Waals surface area contributed by atoms with Crippen molar-refractivity contribution in [2.24, 2.45) is 5.73 Å². The molecule has 0 aromatic heterocycles. The predicted octanol–water partition coefficient (Wildman–Crippen LogP) is 1.12. The van der Waals surface area contributed by atoms with Gasteiger partial charge in [-0.15, -0.1) is 11.8 Å². The molecule has 3 atom stereocenters. The molecule has 1 aliphatic carbocycles. The van der Waals surface area contributed by atoms with E-state index in [0.717, 1.165) is 0 Å². The van der Waals surface area contributed by atoms with Gasteiger partial charge in [-0.1, -0.05) is 23.2 Å².